The Bertz CT molecular complexity index is 761. The summed E-state index contributed by atoms with van der Waals surface area (Å²) in [5.74, 6) is -0.786. The second kappa shape index (κ2) is 8.34. The standard InChI is InChI=1S/C23H33N3O3/c1-2-25(15-21(27)28)19-13-18(14-19)24-22(29)26-12-6-11-23(16-26)10-5-8-17-7-3-4-9-20(17)23/h3-4,7,9,18-19H,2,5-6,8,10-16H2,1H3,(H,24,29)(H,27,28). The van der Waals surface area contributed by atoms with Gasteiger partial charge in [0.25, 0.3) is 0 Å². The molecule has 1 aliphatic heterocycles. The van der Waals surface area contributed by atoms with Gasteiger partial charge in [-0.25, -0.2) is 4.79 Å². The Morgan fingerprint density at radius 1 is 1.24 bits per heavy atom. The molecule has 2 fully saturated rings. The lowest BCUT2D eigenvalue weighted by Crippen LogP contribution is -2.59. The van der Waals surface area contributed by atoms with E-state index < -0.39 is 5.97 Å². The third-order valence-corrected chi connectivity index (χ3v) is 7.26. The predicted octanol–water partition coefficient (Wildman–Crippen LogP) is 3.00. The molecule has 4 rings (SSSR count). The first kappa shape index (κ1) is 20.2. The molecule has 6 nitrogen and oxygen atoms in total. The average Bonchev–Trinajstić information content (AvgIpc) is 2.69. The van der Waals surface area contributed by atoms with Crippen molar-refractivity contribution >= 4 is 12.0 Å². The number of amides is 2. The van der Waals surface area contributed by atoms with Crippen LogP contribution in [0.25, 0.3) is 0 Å². The highest BCUT2D eigenvalue weighted by Crippen LogP contribution is 2.43. The van der Waals surface area contributed by atoms with Gasteiger partial charge in [0.1, 0.15) is 0 Å². The van der Waals surface area contributed by atoms with E-state index in [-0.39, 0.29) is 30.1 Å². The number of likely N-dealkylation sites (tertiary alicyclic amines) is 1. The van der Waals surface area contributed by atoms with Gasteiger partial charge in [0, 0.05) is 30.6 Å². The van der Waals surface area contributed by atoms with Gasteiger partial charge in [0.15, 0.2) is 0 Å². The first-order chi connectivity index (χ1) is 14.0. The van der Waals surface area contributed by atoms with Gasteiger partial charge in [0.2, 0.25) is 0 Å². The Hall–Kier alpha value is -2.08. The van der Waals surface area contributed by atoms with Crippen molar-refractivity contribution < 1.29 is 14.7 Å². The summed E-state index contributed by atoms with van der Waals surface area (Å²) in [6.45, 7) is 4.43. The normalized spacial score (nSPS) is 28.7. The van der Waals surface area contributed by atoms with E-state index >= 15 is 0 Å². The van der Waals surface area contributed by atoms with E-state index in [0.29, 0.717) is 0 Å². The second-order valence-corrected chi connectivity index (χ2v) is 9.04. The molecule has 158 valence electrons. The van der Waals surface area contributed by atoms with E-state index in [0.717, 1.165) is 45.3 Å². The third kappa shape index (κ3) is 4.13. The Kier molecular flexibility index (Phi) is 5.81. The second-order valence-electron chi connectivity index (χ2n) is 9.04. The van der Waals surface area contributed by atoms with Crippen molar-refractivity contribution in [1.29, 1.82) is 0 Å². The third-order valence-electron chi connectivity index (χ3n) is 7.26. The van der Waals surface area contributed by atoms with E-state index in [9.17, 15) is 9.59 Å². The molecule has 2 N–H and O–H groups in total. The highest BCUT2D eigenvalue weighted by atomic mass is 16.4. The van der Waals surface area contributed by atoms with Crippen LogP contribution in [0.5, 0.6) is 0 Å². The minimum atomic E-state index is -0.786. The van der Waals surface area contributed by atoms with E-state index in [1.807, 2.05) is 16.7 Å². The van der Waals surface area contributed by atoms with Gasteiger partial charge in [0.05, 0.1) is 6.54 Å². The summed E-state index contributed by atoms with van der Waals surface area (Å²) in [5, 5.41) is 12.2. The van der Waals surface area contributed by atoms with Crippen molar-refractivity contribution in [2.24, 2.45) is 0 Å². The number of carboxylic acids is 1. The molecular formula is C23H33N3O3. The lowest BCUT2D eigenvalue weighted by atomic mass is 9.66. The number of rotatable bonds is 5. The van der Waals surface area contributed by atoms with Gasteiger partial charge in [-0.3, -0.25) is 9.69 Å². The summed E-state index contributed by atoms with van der Waals surface area (Å²) < 4.78 is 0. The highest BCUT2D eigenvalue weighted by Gasteiger charge is 2.42. The Labute approximate surface area is 173 Å². The van der Waals surface area contributed by atoms with Gasteiger partial charge in [-0.1, -0.05) is 31.2 Å². The molecule has 1 atom stereocenters. The van der Waals surface area contributed by atoms with E-state index in [1.54, 1.807) is 0 Å². The number of aryl methyl sites for hydroxylation is 1. The van der Waals surface area contributed by atoms with Crippen LogP contribution in [-0.2, 0) is 16.6 Å². The Balaban J connectivity index is 1.35. The number of fused-ring (bicyclic) bond motifs is 2. The zero-order chi connectivity index (χ0) is 20.4. The summed E-state index contributed by atoms with van der Waals surface area (Å²) in [5.41, 5.74) is 3.04. The van der Waals surface area contributed by atoms with Crippen LogP contribution < -0.4 is 5.32 Å². The summed E-state index contributed by atoms with van der Waals surface area (Å²) in [4.78, 5) is 28.0. The molecule has 1 aromatic carbocycles. The van der Waals surface area contributed by atoms with Crippen LogP contribution in [0.4, 0.5) is 4.79 Å². The molecule has 1 unspecified atom stereocenters. The Morgan fingerprint density at radius 2 is 2.00 bits per heavy atom. The number of carbonyl (C=O) groups is 2. The monoisotopic (exact) mass is 399 g/mol. The maximum Gasteiger partial charge on any atom is 0.317 e. The molecule has 0 aromatic heterocycles. The first-order valence-corrected chi connectivity index (χ1v) is 11.1. The smallest absolute Gasteiger partial charge is 0.317 e. The van der Waals surface area contributed by atoms with Crippen LogP contribution >= 0.6 is 0 Å². The number of likely N-dealkylation sites (N-methyl/N-ethyl adjacent to an activating group) is 1. The molecule has 2 aliphatic carbocycles. The largest absolute Gasteiger partial charge is 0.480 e. The van der Waals surface area contributed by atoms with Crippen molar-refractivity contribution in [2.45, 2.75) is 69.4 Å². The minimum absolute atomic E-state index is 0.0527. The number of hydrogen-bond acceptors (Lipinski definition) is 3. The average molecular weight is 400 g/mol. The molecule has 1 heterocycles. The summed E-state index contributed by atoms with van der Waals surface area (Å²) in [6, 6.07) is 9.26. The quantitative estimate of drug-likeness (QED) is 0.798. The molecule has 3 aliphatic rings. The molecular weight excluding hydrogens is 366 g/mol. The fourth-order valence-electron chi connectivity index (χ4n) is 5.68. The van der Waals surface area contributed by atoms with Crippen molar-refractivity contribution in [1.82, 2.24) is 15.1 Å². The van der Waals surface area contributed by atoms with Crippen molar-refractivity contribution in [2.75, 3.05) is 26.2 Å². The van der Waals surface area contributed by atoms with Gasteiger partial charge in [-0.05, 0) is 62.6 Å². The van der Waals surface area contributed by atoms with Crippen molar-refractivity contribution in [3.8, 4) is 0 Å². The molecule has 2 amide bonds. The fraction of sp³-hybridized carbons (Fsp3) is 0.652. The van der Waals surface area contributed by atoms with Crippen LogP contribution in [0.15, 0.2) is 24.3 Å². The number of nitrogens with one attached hydrogen (secondary N) is 1. The molecule has 29 heavy (non-hydrogen) atoms. The number of carboxylic acid groups (broad SMARTS) is 1. The zero-order valence-corrected chi connectivity index (χ0v) is 17.4. The minimum Gasteiger partial charge on any atom is -0.480 e. The number of benzene rings is 1. The number of carbonyl (C=O) groups excluding carboxylic acids is 1. The number of hydrogen-bond donors (Lipinski definition) is 2. The van der Waals surface area contributed by atoms with Gasteiger partial charge >= 0.3 is 12.0 Å². The predicted molar refractivity (Wildman–Crippen MR) is 112 cm³/mol. The SMILES string of the molecule is CCN(CC(=O)O)C1CC(NC(=O)N2CCCC3(CCCc4ccccc43)C2)C1. The lowest BCUT2D eigenvalue weighted by molar-refractivity contribution is -0.139. The number of aliphatic carboxylic acids is 1. The fourth-order valence-corrected chi connectivity index (χ4v) is 5.68. The van der Waals surface area contributed by atoms with Crippen LogP contribution in [-0.4, -0.2) is 65.2 Å². The van der Waals surface area contributed by atoms with Crippen LogP contribution in [0.3, 0.4) is 0 Å². The molecule has 0 radical (unpaired) electrons. The number of piperidine rings is 1. The van der Waals surface area contributed by atoms with E-state index in [2.05, 4.69) is 29.6 Å². The first-order valence-electron chi connectivity index (χ1n) is 11.1. The van der Waals surface area contributed by atoms with E-state index in [4.69, 9.17) is 5.11 Å². The van der Waals surface area contributed by atoms with Crippen molar-refractivity contribution in [3.63, 3.8) is 0 Å². The molecule has 1 aromatic rings. The lowest BCUT2D eigenvalue weighted by Gasteiger charge is -2.47. The topological polar surface area (TPSA) is 72.9 Å². The van der Waals surface area contributed by atoms with Gasteiger partial charge < -0.3 is 15.3 Å². The highest BCUT2D eigenvalue weighted by molar-refractivity contribution is 5.75. The number of nitrogens with zero attached hydrogens (tertiary/aromatic N) is 2. The maximum atomic E-state index is 13.0. The number of urea groups is 1. The summed E-state index contributed by atoms with van der Waals surface area (Å²) >= 11 is 0. The maximum absolute atomic E-state index is 13.0. The van der Waals surface area contributed by atoms with Gasteiger partial charge in [-0.15, -0.1) is 0 Å². The molecule has 1 saturated carbocycles. The summed E-state index contributed by atoms with van der Waals surface area (Å²) in [7, 11) is 0. The zero-order valence-electron chi connectivity index (χ0n) is 17.4. The molecule has 0 bridgehead atoms. The summed E-state index contributed by atoms with van der Waals surface area (Å²) in [6.07, 6.45) is 7.42. The molecule has 1 spiro atoms. The van der Waals surface area contributed by atoms with Crippen LogP contribution in [0.1, 0.15) is 56.6 Å². The van der Waals surface area contributed by atoms with Crippen molar-refractivity contribution in [3.05, 3.63) is 35.4 Å². The van der Waals surface area contributed by atoms with Gasteiger partial charge in [-0.2, -0.15) is 0 Å². The van der Waals surface area contributed by atoms with E-state index in [1.165, 1.54) is 30.4 Å². The molecule has 1 saturated heterocycles. The molecule has 6 heteroatoms. The van der Waals surface area contributed by atoms with Crippen LogP contribution in [0, 0.1) is 0 Å². The van der Waals surface area contributed by atoms with Crippen LogP contribution in [0.2, 0.25) is 0 Å². The Morgan fingerprint density at radius 3 is 2.76 bits per heavy atom.